The molecule has 0 bridgehead atoms. The molecule has 1 aromatic rings. The molecule has 7 heteroatoms. The van der Waals surface area contributed by atoms with Crippen molar-refractivity contribution >= 4 is 28.3 Å². The number of carboxylic acid groups (broad SMARTS) is 1. The van der Waals surface area contributed by atoms with Crippen LogP contribution in [0.15, 0.2) is 0 Å². The number of carbonyl (C=O) groups is 2. The van der Waals surface area contributed by atoms with Crippen molar-refractivity contribution in [2.75, 3.05) is 25.0 Å². The molecule has 106 valence electrons. The lowest BCUT2D eigenvalue weighted by Gasteiger charge is -2.18. The fourth-order valence-electron chi connectivity index (χ4n) is 1.68. The molecule has 0 aliphatic rings. The van der Waals surface area contributed by atoms with Gasteiger partial charge < -0.3 is 15.3 Å². The Labute approximate surface area is 116 Å². The molecule has 0 aromatic carbocycles. The van der Waals surface area contributed by atoms with Gasteiger partial charge in [0, 0.05) is 26.1 Å². The van der Waals surface area contributed by atoms with Crippen LogP contribution >= 0.6 is 11.3 Å². The molecule has 1 amide bonds. The highest BCUT2D eigenvalue weighted by Crippen LogP contribution is 2.22. The van der Waals surface area contributed by atoms with Gasteiger partial charge in [-0.3, -0.25) is 4.79 Å². The van der Waals surface area contributed by atoms with E-state index in [1.807, 2.05) is 13.8 Å². The zero-order valence-corrected chi connectivity index (χ0v) is 12.2. The van der Waals surface area contributed by atoms with Crippen molar-refractivity contribution < 1.29 is 14.7 Å². The zero-order chi connectivity index (χ0) is 14.4. The van der Waals surface area contributed by atoms with Crippen LogP contribution in [0.3, 0.4) is 0 Å². The Bertz CT molecular complexity index is 455. The summed E-state index contributed by atoms with van der Waals surface area (Å²) in [5.41, 5.74) is 0.495. The summed E-state index contributed by atoms with van der Waals surface area (Å²) in [6.45, 7) is 7.41. The molecule has 0 spiro atoms. The van der Waals surface area contributed by atoms with E-state index in [0.717, 1.165) is 11.3 Å². The average Bonchev–Trinajstić information content (AvgIpc) is 2.72. The summed E-state index contributed by atoms with van der Waals surface area (Å²) in [4.78, 5) is 28.7. The van der Waals surface area contributed by atoms with Crippen LogP contribution in [-0.4, -0.2) is 46.5 Å². The monoisotopic (exact) mass is 285 g/mol. The maximum absolute atomic E-state index is 11.8. The number of carboxylic acids is 1. The molecule has 0 saturated carbocycles. The Morgan fingerprint density at radius 2 is 2.00 bits per heavy atom. The maximum Gasteiger partial charge on any atom is 0.347 e. The molecule has 0 atom stereocenters. The van der Waals surface area contributed by atoms with Gasteiger partial charge in [0.05, 0.1) is 5.69 Å². The first-order chi connectivity index (χ1) is 8.99. The summed E-state index contributed by atoms with van der Waals surface area (Å²) in [5.74, 6) is -0.883. The molecule has 19 heavy (non-hydrogen) atoms. The van der Waals surface area contributed by atoms with E-state index in [2.05, 4.69) is 10.3 Å². The molecule has 6 nitrogen and oxygen atoms in total. The number of aryl methyl sites for hydroxylation is 1. The summed E-state index contributed by atoms with van der Waals surface area (Å²) in [7, 11) is 0. The second kappa shape index (κ2) is 7.08. The maximum atomic E-state index is 11.8. The molecular formula is C12H19N3O3S. The van der Waals surface area contributed by atoms with Crippen molar-refractivity contribution in [1.29, 1.82) is 0 Å². The third-order valence-corrected chi connectivity index (χ3v) is 3.83. The first-order valence-electron chi connectivity index (χ1n) is 6.21. The Morgan fingerprint density at radius 3 is 2.47 bits per heavy atom. The highest BCUT2D eigenvalue weighted by atomic mass is 32.1. The van der Waals surface area contributed by atoms with Crippen molar-refractivity contribution in [3.8, 4) is 0 Å². The van der Waals surface area contributed by atoms with Crippen LogP contribution in [0.2, 0.25) is 0 Å². The summed E-state index contributed by atoms with van der Waals surface area (Å²) >= 11 is 1.09. The largest absolute Gasteiger partial charge is 0.477 e. The smallest absolute Gasteiger partial charge is 0.347 e. The molecule has 0 radical (unpaired) electrons. The van der Waals surface area contributed by atoms with E-state index >= 15 is 0 Å². The number of nitrogens with one attached hydrogen (secondary N) is 1. The number of rotatable bonds is 7. The zero-order valence-electron chi connectivity index (χ0n) is 11.4. The molecule has 0 fully saturated rings. The van der Waals surface area contributed by atoms with Crippen molar-refractivity contribution in [3.05, 3.63) is 10.6 Å². The SMILES string of the molecule is CCN(CC)C(=O)CCNc1nc(C)c(C(=O)O)s1. The third-order valence-electron chi connectivity index (χ3n) is 2.72. The number of hydrogen-bond donors (Lipinski definition) is 2. The summed E-state index contributed by atoms with van der Waals surface area (Å²) in [6, 6.07) is 0. The van der Waals surface area contributed by atoms with E-state index in [1.165, 1.54) is 0 Å². The molecule has 1 rings (SSSR count). The molecule has 0 unspecified atom stereocenters. The number of thiazole rings is 1. The quantitative estimate of drug-likeness (QED) is 0.798. The van der Waals surface area contributed by atoms with Gasteiger partial charge >= 0.3 is 5.97 Å². The molecule has 1 aromatic heterocycles. The van der Waals surface area contributed by atoms with Crippen LogP contribution in [0.4, 0.5) is 5.13 Å². The van der Waals surface area contributed by atoms with Gasteiger partial charge in [-0.1, -0.05) is 11.3 Å². The van der Waals surface area contributed by atoms with Crippen LogP contribution in [-0.2, 0) is 4.79 Å². The van der Waals surface area contributed by atoms with Gasteiger partial charge in [-0.05, 0) is 20.8 Å². The standard InChI is InChI=1S/C12H19N3O3S/c1-4-15(5-2)9(16)6-7-13-12-14-8(3)10(19-12)11(17)18/h4-7H2,1-3H3,(H,13,14)(H,17,18). The second-order valence-electron chi connectivity index (χ2n) is 3.98. The minimum Gasteiger partial charge on any atom is -0.477 e. The van der Waals surface area contributed by atoms with Gasteiger partial charge in [0.15, 0.2) is 5.13 Å². The summed E-state index contributed by atoms with van der Waals surface area (Å²) in [5, 5.41) is 12.4. The van der Waals surface area contributed by atoms with Gasteiger partial charge in [-0.15, -0.1) is 0 Å². The Kier molecular flexibility index (Phi) is 5.75. The number of amides is 1. The van der Waals surface area contributed by atoms with Gasteiger partial charge in [0.2, 0.25) is 5.91 Å². The van der Waals surface area contributed by atoms with E-state index in [-0.39, 0.29) is 10.8 Å². The fraction of sp³-hybridized carbons (Fsp3) is 0.583. The predicted molar refractivity (Wildman–Crippen MR) is 74.8 cm³/mol. The lowest BCUT2D eigenvalue weighted by Crippen LogP contribution is -2.31. The number of aromatic carboxylic acids is 1. The fourth-order valence-corrected chi connectivity index (χ4v) is 2.51. The van der Waals surface area contributed by atoms with E-state index in [9.17, 15) is 9.59 Å². The van der Waals surface area contributed by atoms with E-state index < -0.39 is 5.97 Å². The number of anilines is 1. The third kappa shape index (κ3) is 4.20. The van der Waals surface area contributed by atoms with E-state index in [0.29, 0.717) is 36.9 Å². The second-order valence-corrected chi connectivity index (χ2v) is 4.98. The molecule has 2 N–H and O–H groups in total. The first-order valence-corrected chi connectivity index (χ1v) is 7.03. The van der Waals surface area contributed by atoms with Gasteiger partial charge in [-0.25, -0.2) is 9.78 Å². The van der Waals surface area contributed by atoms with E-state index in [1.54, 1.807) is 11.8 Å². The van der Waals surface area contributed by atoms with Gasteiger partial charge in [0.25, 0.3) is 0 Å². The summed E-state index contributed by atoms with van der Waals surface area (Å²) in [6.07, 6.45) is 0.378. The molecule has 1 heterocycles. The van der Waals surface area contributed by atoms with Crippen LogP contribution in [0.1, 0.15) is 35.6 Å². The van der Waals surface area contributed by atoms with E-state index in [4.69, 9.17) is 5.11 Å². The average molecular weight is 285 g/mol. The number of hydrogen-bond acceptors (Lipinski definition) is 5. The van der Waals surface area contributed by atoms with Crippen LogP contribution in [0.5, 0.6) is 0 Å². The number of carbonyl (C=O) groups excluding carboxylic acids is 1. The Balaban J connectivity index is 2.47. The molecule has 0 aliphatic carbocycles. The molecular weight excluding hydrogens is 266 g/mol. The normalized spacial score (nSPS) is 10.3. The highest BCUT2D eigenvalue weighted by molar-refractivity contribution is 7.17. The lowest BCUT2D eigenvalue weighted by atomic mass is 10.3. The summed E-state index contributed by atoms with van der Waals surface area (Å²) < 4.78 is 0. The Morgan fingerprint density at radius 1 is 1.37 bits per heavy atom. The topological polar surface area (TPSA) is 82.5 Å². The highest BCUT2D eigenvalue weighted by Gasteiger charge is 2.14. The molecule has 0 aliphatic heterocycles. The van der Waals surface area contributed by atoms with Crippen molar-refractivity contribution in [2.45, 2.75) is 27.2 Å². The minimum atomic E-state index is -0.970. The van der Waals surface area contributed by atoms with Crippen molar-refractivity contribution in [1.82, 2.24) is 9.88 Å². The minimum absolute atomic E-state index is 0.0873. The van der Waals surface area contributed by atoms with Crippen LogP contribution in [0.25, 0.3) is 0 Å². The Hall–Kier alpha value is -1.63. The van der Waals surface area contributed by atoms with Gasteiger partial charge in [-0.2, -0.15) is 0 Å². The predicted octanol–water partition coefficient (Wildman–Crippen LogP) is 1.82. The first kappa shape index (κ1) is 15.4. The number of aromatic nitrogens is 1. The van der Waals surface area contributed by atoms with Crippen molar-refractivity contribution in [3.63, 3.8) is 0 Å². The van der Waals surface area contributed by atoms with Crippen LogP contribution < -0.4 is 5.32 Å². The number of nitrogens with zero attached hydrogens (tertiary/aromatic N) is 2. The molecule has 0 saturated heterocycles. The lowest BCUT2D eigenvalue weighted by molar-refractivity contribution is -0.130. The van der Waals surface area contributed by atoms with Crippen LogP contribution in [0, 0.1) is 6.92 Å². The van der Waals surface area contributed by atoms with Crippen molar-refractivity contribution in [2.24, 2.45) is 0 Å². The van der Waals surface area contributed by atoms with Gasteiger partial charge in [0.1, 0.15) is 4.88 Å².